The average Bonchev–Trinajstić information content (AvgIpc) is 3.32. The predicted octanol–water partition coefficient (Wildman–Crippen LogP) is 3.13. The Labute approximate surface area is 145 Å². The van der Waals surface area contributed by atoms with E-state index in [0.717, 1.165) is 44.7 Å². The van der Waals surface area contributed by atoms with E-state index in [-0.39, 0.29) is 5.92 Å². The third-order valence-electron chi connectivity index (χ3n) is 5.96. The van der Waals surface area contributed by atoms with Crippen LogP contribution in [0.1, 0.15) is 38.5 Å². The van der Waals surface area contributed by atoms with Crippen LogP contribution in [-0.4, -0.2) is 50.1 Å². The van der Waals surface area contributed by atoms with Crippen molar-refractivity contribution in [3.63, 3.8) is 0 Å². The molecule has 1 saturated heterocycles. The van der Waals surface area contributed by atoms with Gasteiger partial charge in [0.15, 0.2) is 0 Å². The van der Waals surface area contributed by atoms with Crippen LogP contribution in [0.2, 0.25) is 0 Å². The van der Waals surface area contributed by atoms with Crippen LogP contribution in [-0.2, 0) is 4.79 Å². The van der Waals surface area contributed by atoms with Crippen LogP contribution in [0.15, 0.2) is 24.3 Å². The van der Waals surface area contributed by atoms with E-state index in [1.807, 2.05) is 0 Å². The van der Waals surface area contributed by atoms with E-state index in [9.17, 15) is 4.79 Å². The van der Waals surface area contributed by atoms with Crippen molar-refractivity contribution in [3.05, 3.63) is 24.3 Å². The van der Waals surface area contributed by atoms with E-state index in [1.54, 1.807) is 0 Å². The van der Waals surface area contributed by atoms with Gasteiger partial charge in [-0.1, -0.05) is 25.0 Å². The van der Waals surface area contributed by atoms with Gasteiger partial charge in [-0.15, -0.1) is 0 Å². The molecule has 0 bridgehead atoms. The summed E-state index contributed by atoms with van der Waals surface area (Å²) in [4.78, 5) is 20.0. The molecule has 1 aromatic carbocycles. The Bertz CT molecular complexity index is 576. The third-order valence-corrected chi connectivity index (χ3v) is 5.96. The zero-order valence-corrected chi connectivity index (χ0v) is 14.6. The van der Waals surface area contributed by atoms with Crippen LogP contribution >= 0.6 is 0 Å². The lowest BCUT2D eigenvalue weighted by Crippen LogP contribution is -2.47. The molecule has 2 heterocycles. The molecule has 1 amide bonds. The number of carbonyl (C=O) groups is 1. The van der Waals surface area contributed by atoms with Crippen LogP contribution in [0.4, 0.5) is 11.4 Å². The standard InChI is InChI=1S/C20H29N3O/c24-20(17-7-1-2-8-17)23-16-15-22(14-13-21-11-5-6-12-21)18-9-3-4-10-19(18)23/h3-4,9-10,17H,1-2,5-8,11-16H2. The highest BCUT2D eigenvalue weighted by Crippen LogP contribution is 2.36. The number of para-hydroxylation sites is 2. The van der Waals surface area contributed by atoms with Gasteiger partial charge in [-0.2, -0.15) is 0 Å². The molecule has 0 radical (unpaired) electrons. The largest absolute Gasteiger partial charge is 0.367 e. The number of benzene rings is 1. The van der Waals surface area contributed by atoms with Crippen LogP contribution in [0.25, 0.3) is 0 Å². The summed E-state index contributed by atoms with van der Waals surface area (Å²) in [5.41, 5.74) is 2.37. The number of rotatable bonds is 4. The molecule has 130 valence electrons. The first kappa shape index (κ1) is 15.9. The van der Waals surface area contributed by atoms with Gasteiger partial charge in [0, 0.05) is 32.1 Å². The maximum Gasteiger partial charge on any atom is 0.230 e. The maximum atomic E-state index is 12.9. The van der Waals surface area contributed by atoms with Gasteiger partial charge in [0.1, 0.15) is 0 Å². The first-order chi connectivity index (χ1) is 11.8. The first-order valence-electron chi connectivity index (χ1n) is 9.70. The van der Waals surface area contributed by atoms with Crippen LogP contribution < -0.4 is 9.80 Å². The van der Waals surface area contributed by atoms with Gasteiger partial charge in [-0.3, -0.25) is 4.79 Å². The average molecular weight is 327 g/mol. The topological polar surface area (TPSA) is 26.8 Å². The van der Waals surface area contributed by atoms with Crippen molar-refractivity contribution >= 4 is 17.3 Å². The third kappa shape index (κ3) is 3.16. The fourth-order valence-electron chi connectivity index (χ4n) is 4.54. The fraction of sp³-hybridized carbons (Fsp3) is 0.650. The molecular weight excluding hydrogens is 298 g/mol. The summed E-state index contributed by atoms with van der Waals surface area (Å²) in [6.45, 7) is 6.52. The van der Waals surface area contributed by atoms with Crippen molar-refractivity contribution in [3.8, 4) is 0 Å². The molecule has 24 heavy (non-hydrogen) atoms. The predicted molar refractivity (Wildman–Crippen MR) is 98.6 cm³/mol. The lowest BCUT2D eigenvalue weighted by Gasteiger charge is -2.39. The molecule has 4 heteroatoms. The molecular formula is C20H29N3O. The highest BCUT2D eigenvalue weighted by atomic mass is 16.2. The minimum absolute atomic E-state index is 0.259. The number of anilines is 2. The van der Waals surface area contributed by atoms with E-state index < -0.39 is 0 Å². The summed E-state index contributed by atoms with van der Waals surface area (Å²) in [5, 5.41) is 0. The van der Waals surface area contributed by atoms with Gasteiger partial charge >= 0.3 is 0 Å². The minimum Gasteiger partial charge on any atom is -0.367 e. The fourth-order valence-corrected chi connectivity index (χ4v) is 4.54. The molecule has 0 unspecified atom stereocenters. The molecule has 4 nitrogen and oxygen atoms in total. The zero-order valence-electron chi connectivity index (χ0n) is 14.6. The molecule has 1 saturated carbocycles. The van der Waals surface area contributed by atoms with Crippen LogP contribution in [0, 0.1) is 5.92 Å². The van der Waals surface area contributed by atoms with Gasteiger partial charge < -0.3 is 14.7 Å². The summed E-state index contributed by atoms with van der Waals surface area (Å²) in [5.74, 6) is 0.619. The van der Waals surface area contributed by atoms with Crippen molar-refractivity contribution in [2.45, 2.75) is 38.5 Å². The number of fused-ring (bicyclic) bond motifs is 1. The van der Waals surface area contributed by atoms with Gasteiger partial charge in [0.05, 0.1) is 11.4 Å². The van der Waals surface area contributed by atoms with Gasteiger partial charge in [-0.25, -0.2) is 0 Å². The van der Waals surface area contributed by atoms with E-state index in [2.05, 4.69) is 39.0 Å². The summed E-state index contributed by atoms with van der Waals surface area (Å²) in [6.07, 6.45) is 7.29. The number of likely N-dealkylation sites (tertiary alicyclic amines) is 1. The Balaban J connectivity index is 1.48. The number of hydrogen-bond donors (Lipinski definition) is 0. The molecule has 1 aromatic rings. The van der Waals surface area contributed by atoms with E-state index in [0.29, 0.717) is 5.91 Å². The minimum atomic E-state index is 0.259. The van der Waals surface area contributed by atoms with Crippen molar-refractivity contribution < 1.29 is 4.79 Å². The zero-order chi connectivity index (χ0) is 16.4. The van der Waals surface area contributed by atoms with Crippen molar-refractivity contribution in [1.82, 2.24) is 4.90 Å². The molecule has 0 atom stereocenters. The smallest absolute Gasteiger partial charge is 0.230 e. The number of amides is 1. The van der Waals surface area contributed by atoms with E-state index >= 15 is 0 Å². The first-order valence-corrected chi connectivity index (χ1v) is 9.70. The number of carbonyl (C=O) groups excluding carboxylic acids is 1. The number of hydrogen-bond acceptors (Lipinski definition) is 3. The normalized spacial score (nSPS) is 22.2. The molecule has 2 fully saturated rings. The second kappa shape index (κ2) is 7.14. The molecule has 0 spiro atoms. The Morgan fingerprint density at radius 3 is 2.33 bits per heavy atom. The number of nitrogens with zero attached hydrogens (tertiary/aromatic N) is 3. The highest BCUT2D eigenvalue weighted by molar-refractivity contribution is 5.99. The Hall–Kier alpha value is -1.55. The maximum absolute atomic E-state index is 12.9. The van der Waals surface area contributed by atoms with Crippen molar-refractivity contribution in [2.75, 3.05) is 49.1 Å². The molecule has 4 rings (SSSR count). The summed E-state index contributed by atoms with van der Waals surface area (Å²) < 4.78 is 0. The van der Waals surface area contributed by atoms with Gasteiger partial charge in [0.2, 0.25) is 5.91 Å². The van der Waals surface area contributed by atoms with E-state index in [4.69, 9.17) is 0 Å². The lowest BCUT2D eigenvalue weighted by molar-refractivity contribution is -0.122. The SMILES string of the molecule is O=C(C1CCCC1)N1CCN(CCN2CCCC2)c2ccccc21. The van der Waals surface area contributed by atoms with Gasteiger partial charge in [0.25, 0.3) is 0 Å². The summed E-state index contributed by atoms with van der Waals surface area (Å²) >= 11 is 0. The molecule has 0 aromatic heterocycles. The second-order valence-corrected chi connectivity index (χ2v) is 7.50. The summed E-state index contributed by atoms with van der Waals surface area (Å²) in [7, 11) is 0. The van der Waals surface area contributed by atoms with Crippen molar-refractivity contribution in [1.29, 1.82) is 0 Å². The van der Waals surface area contributed by atoms with E-state index in [1.165, 1.54) is 44.5 Å². The van der Waals surface area contributed by atoms with Crippen molar-refractivity contribution in [2.24, 2.45) is 5.92 Å². The molecule has 0 N–H and O–H groups in total. The monoisotopic (exact) mass is 327 g/mol. The Morgan fingerprint density at radius 2 is 1.58 bits per heavy atom. The quantitative estimate of drug-likeness (QED) is 0.850. The molecule has 2 aliphatic heterocycles. The molecule has 3 aliphatic rings. The second-order valence-electron chi connectivity index (χ2n) is 7.50. The molecule has 1 aliphatic carbocycles. The van der Waals surface area contributed by atoms with Crippen LogP contribution in [0.3, 0.4) is 0 Å². The Kier molecular flexibility index (Phi) is 4.74. The lowest BCUT2D eigenvalue weighted by atomic mass is 10.0. The summed E-state index contributed by atoms with van der Waals surface area (Å²) in [6, 6.07) is 8.49. The highest BCUT2D eigenvalue weighted by Gasteiger charge is 2.32. The van der Waals surface area contributed by atoms with Crippen LogP contribution in [0.5, 0.6) is 0 Å². The van der Waals surface area contributed by atoms with Gasteiger partial charge in [-0.05, 0) is 50.9 Å². The Morgan fingerprint density at radius 1 is 0.875 bits per heavy atom.